The predicted molar refractivity (Wildman–Crippen MR) is 96.5 cm³/mol. The number of hydrogen-bond acceptors (Lipinski definition) is 4. The molecule has 0 bridgehead atoms. The number of benzene rings is 2. The molecule has 0 spiro atoms. The molecule has 3 aromatic rings. The van der Waals surface area contributed by atoms with Gasteiger partial charge >= 0.3 is 0 Å². The molecule has 8 heteroatoms. The van der Waals surface area contributed by atoms with Gasteiger partial charge in [-0.05, 0) is 30.7 Å². The quantitative estimate of drug-likeness (QED) is 0.419. The summed E-state index contributed by atoms with van der Waals surface area (Å²) in [5.74, 6) is -0.650. The number of anilines is 1. The van der Waals surface area contributed by atoms with Crippen LogP contribution in [-0.4, -0.2) is 21.8 Å². The minimum atomic E-state index is -0.782. The highest BCUT2D eigenvalue weighted by atomic mass is 35.5. The molecule has 0 amide bonds. The van der Waals surface area contributed by atoms with E-state index < -0.39 is 10.7 Å². The number of rotatable bonds is 3. The number of aromatic nitrogens is 1. The van der Waals surface area contributed by atoms with E-state index in [1.165, 1.54) is 6.07 Å². The number of nitro benzene ring substituents is 1. The molecule has 0 aliphatic carbocycles. The molecular formula is C18H13ClFN3O3. The Kier molecular flexibility index (Phi) is 3.88. The summed E-state index contributed by atoms with van der Waals surface area (Å²) in [5.41, 5.74) is 0.562. The normalized spacial score (nSPS) is 13.3. The average Bonchev–Trinajstić information content (AvgIpc) is 2.97. The fraction of sp³-hybridized carbons (Fsp3) is 0.167. The molecule has 0 saturated heterocycles. The molecule has 132 valence electrons. The number of halogens is 2. The van der Waals surface area contributed by atoms with Crippen LogP contribution < -0.4 is 5.32 Å². The Morgan fingerprint density at radius 1 is 1.27 bits per heavy atom. The number of non-ortho nitro benzene ring substituents is 1. The van der Waals surface area contributed by atoms with E-state index >= 15 is 0 Å². The third-order valence-corrected chi connectivity index (χ3v) is 4.75. The van der Waals surface area contributed by atoms with Crippen molar-refractivity contribution in [3.63, 3.8) is 0 Å². The maximum atomic E-state index is 14.8. The molecule has 1 aliphatic rings. The number of hydrogen-bond donors (Lipinski definition) is 1. The lowest BCUT2D eigenvalue weighted by molar-refractivity contribution is -0.384. The summed E-state index contributed by atoms with van der Waals surface area (Å²) < 4.78 is 16.5. The van der Waals surface area contributed by atoms with Crippen molar-refractivity contribution in [2.45, 2.75) is 13.0 Å². The Morgan fingerprint density at radius 3 is 2.69 bits per heavy atom. The van der Waals surface area contributed by atoms with Crippen LogP contribution in [0.2, 0.25) is 5.02 Å². The minimum absolute atomic E-state index is 0.0972. The topological polar surface area (TPSA) is 77.2 Å². The molecule has 0 fully saturated rings. The van der Waals surface area contributed by atoms with Crippen molar-refractivity contribution in [2.24, 2.45) is 0 Å². The Labute approximate surface area is 152 Å². The lowest BCUT2D eigenvalue weighted by Crippen LogP contribution is -2.18. The zero-order chi connectivity index (χ0) is 18.4. The predicted octanol–water partition coefficient (Wildman–Crippen LogP) is 4.39. The lowest BCUT2D eigenvalue weighted by Gasteiger charge is -2.19. The number of nitro groups is 1. The van der Waals surface area contributed by atoms with Gasteiger partial charge in [-0.15, -0.1) is 0 Å². The van der Waals surface area contributed by atoms with Crippen molar-refractivity contribution in [3.05, 3.63) is 68.5 Å². The molecule has 4 rings (SSSR count). The number of carbonyl (C=O) groups excluding carboxylic acids is 1. The summed E-state index contributed by atoms with van der Waals surface area (Å²) >= 11 is 5.87. The SMILES string of the molecule is O=C(c1ccc(Cl)cc1)c1c2n(c3cc([N+](=O)[O-])cc(F)c13)CCCN2. The van der Waals surface area contributed by atoms with Crippen molar-refractivity contribution in [1.29, 1.82) is 0 Å². The Bertz CT molecular complexity index is 1060. The van der Waals surface area contributed by atoms with Gasteiger partial charge in [-0.3, -0.25) is 14.9 Å². The van der Waals surface area contributed by atoms with Gasteiger partial charge < -0.3 is 9.88 Å². The van der Waals surface area contributed by atoms with E-state index in [1.54, 1.807) is 28.8 Å². The van der Waals surface area contributed by atoms with Crippen LogP contribution in [0.25, 0.3) is 10.9 Å². The number of nitrogens with one attached hydrogen (secondary N) is 1. The second kappa shape index (κ2) is 6.10. The fourth-order valence-electron chi connectivity index (χ4n) is 3.34. The first-order chi connectivity index (χ1) is 12.5. The third-order valence-electron chi connectivity index (χ3n) is 4.50. The van der Waals surface area contributed by atoms with Crippen molar-refractivity contribution in [2.75, 3.05) is 11.9 Å². The fourth-order valence-corrected chi connectivity index (χ4v) is 3.47. The maximum absolute atomic E-state index is 14.8. The van der Waals surface area contributed by atoms with Gasteiger partial charge in [0.25, 0.3) is 5.69 Å². The number of carbonyl (C=O) groups is 1. The van der Waals surface area contributed by atoms with Crippen LogP contribution in [0.5, 0.6) is 0 Å². The van der Waals surface area contributed by atoms with E-state index in [4.69, 9.17) is 11.6 Å². The summed E-state index contributed by atoms with van der Waals surface area (Å²) in [6.45, 7) is 1.19. The molecule has 0 unspecified atom stereocenters. The van der Waals surface area contributed by atoms with Gasteiger partial charge in [0.15, 0.2) is 5.78 Å². The monoisotopic (exact) mass is 373 g/mol. The third kappa shape index (κ3) is 2.52. The van der Waals surface area contributed by atoms with E-state index in [0.717, 1.165) is 12.5 Å². The number of aryl methyl sites for hydroxylation is 1. The van der Waals surface area contributed by atoms with Crippen LogP contribution in [0.1, 0.15) is 22.3 Å². The van der Waals surface area contributed by atoms with Gasteiger partial charge in [0, 0.05) is 35.1 Å². The Morgan fingerprint density at radius 2 is 2.00 bits per heavy atom. The summed E-state index contributed by atoms with van der Waals surface area (Å²) in [6.07, 6.45) is 0.773. The minimum Gasteiger partial charge on any atom is -0.371 e. The van der Waals surface area contributed by atoms with Crippen molar-refractivity contribution in [1.82, 2.24) is 4.57 Å². The van der Waals surface area contributed by atoms with E-state index in [9.17, 15) is 19.3 Å². The standard InChI is InChI=1S/C18H13ClFN3O3/c19-11-4-2-10(3-5-11)17(24)16-15-13(20)8-12(23(25)26)9-14(15)22-7-1-6-21-18(16)22/h2-5,8-9,21H,1,6-7H2. The second-order valence-corrected chi connectivity index (χ2v) is 6.51. The summed E-state index contributed by atoms with van der Waals surface area (Å²) in [4.78, 5) is 23.5. The first kappa shape index (κ1) is 16.5. The molecule has 0 radical (unpaired) electrons. The summed E-state index contributed by atoms with van der Waals surface area (Å²) in [5, 5.41) is 14.8. The van der Waals surface area contributed by atoms with Crippen LogP contribution >= 0.6 is 11.6 Å². The highest BCUT2D eigenvalue weighted by molar-refractivity contribution is 6.30. The first-order valence-corrected chi connectivity index (χ1v) is 8.39. The zero-order valence-corrected chi connectivity index (χ0v) is 14.2. The van der Waals surface area contributed by atoms with Crippen molar-refractivity contribution in [3.8, 4) is 0 Å². The average molecular weight is 374 g/mol. The molecule has 2 aromatic carbocycles. The smallest absolute Gasteiger partial charge is 0.274 e. The molecule has 1 N–H and O–H groups in total. The van der Waals surface area contributed by atoms with Crippen molar-refractivity contribution >= 4 is 39.8 Å². The van der Waals surface area contributed by atoms with Gasteiger partial charge in [0.2, 0.25) is 0 Å². The molecule has 26 heavy (non-hydrogen) atoms. The summed E-state index contributed by atoms with van der Waals surface area (Å²) in [7, 11) is 0. The lowest BCUT2D eigenvalue weighted by atomic mass is 10.0. The van der Waals surface area contributed by atoms with Crippen LogP contribution in [0.15, 0.2) is 36.4 Å². The molecule has 1 aromatic heterocycles. The van der Waals surface area contributed by atoms with Gasteiger partial charge in [-0.2, -0.15) is 0 Å². The molecule has 0 atom stereocenters. The van der Waals surface area contributed by atoms with Crippen LogP contribution in [0.3, 0.4) is 0 Å². The van der Waals surface area contributed by atoms with E-state index in [0.29, 0.717) is 35.0 Å². The number of ketones is 1. The van der Waals surface area contributed by atoms with E-state index in [1.807, 2.05) is 0 Å². The van der Waals surface area contributed by atoms with Crippen LogP contribution in [0.4, 0.5) is 15.9 Å². The van der Waals surface area contributed by atoms with Crippen LogP contribution in [-0.2, 0) is 6.54 Å². The summed E-state index contributed by atoms with van der Waals surface area (Å²) in [6, 6.07) is 8.50. The second-order valence-electron chi connectivity index (χ2n) is 6.07. The van der Waals surface area contributed by atoms with Gasteiger partial charge in [0.05, 0.1) is 22.1 Å². The molecule has 2 heterocycles. The van der Waals surface area contributed by atoms with Gasteiger partial charge in [-0.25, -0.2) is 4.39 Å². The highest BCUT2D eigenvalue weighted by Crippen LogP contribution is 2.37. The number of nitrogens with zero attached hydrogens (tertiary/aromatic N) is 2. The largest absolute Gasteiger partial charge is 0.371 e. The Balaban J connectivity index is 2.01. The number of fused-ring (bicyclic) bond motifs is 3. The van der Waals surface area contributed by atoms with E-state index in [2.05, 4.69) is 5.32 Å². The molecule has 6 nitrogen and oxygen atoms in total. The molecule has 1 aliphatic heterocycles. The van der Waals surface area contributed by atoms with Crippen molar-refractivity contribution < 1.29 is 14.1 Å². The Hall–Kier alpha value is -2.93. The van der Waals surface area contributed by atoms with Gasteiger partial charge in [-0.1, -0.05) is 11.6 Å². The highest BCUT2D eigenvalue weighted by Gasteiger charge is 2.29. The van der Waals surface area contributed by atoms with E-state index in [-0.39, 0.29) is 22.4 Å². The zero-order valence-electron chi connectivity index (χ0n) is 13.5. The first-order valence-electron chi connectivity index (χ1n) is 8.01. The van der Waals surface area contributed by atoms with Gasteiger partial charge in [0.1, 0.15) is 11.6 Å². The molecular weight excluding hydrogens is 361 g/mol. The molecule has 0 saturated carbocycles. The van der Waals surface area contributed by atoms with Crippen LogP contribution in [0, 0.1) is 15.9 Å². The maximum Gasteiger partial charge on any atom is 0.274 e.